The van der Waals surface area contributed by atoms with Crippen LogP contribution < -0.4 is 16.0 Å². The van der Waals surface area contributed by atoms with Crippen molar-refractivity contribution in [1.82, 2.24) is 16.0 Å². The number of nitrogens with zero attached hydrogens (tertiary/aromatic N) is 1. The van der Waals surface area contributed by atoms with E-state index in [1.165, 1.54) is 6.08 Å². The summed E-state index contributed by atoms with van der Waals surface area (Å²) < 4.78 is 0. The van der Waals surface area contributed by atoms with E-state index < -0.39 is 23.9 Å². The maximum absolute atomic E-state index is 13.4. The number of piperidine rings is 1. The molecule has 0 radical (unpaired) electrons. The molecule has 198 valence electrons. The lowest BCUT2D eigenvalue weighted by Gasteiger charge is -2.27. The Balaban J connectivity index is 1.48. The average molecular weight is 539 g/mol. The van der Waals surface area contributed by atoms with Crippen molar-refractivity contribution < 1.29 is 14.4 Å². The lowest BCUT2D eigenvalue weighted by atomic mass is 9.90. The highest BCUT2D eigenvalue weighted by Gasteiger charge is 2.30. The molecular formula is C31H30N4O3S. The van der Waals surface area contributed by atoms with E-state index in [-0.39, 0.29) is 29.5 Å². The second kappa shape index (κ2) is 13.4. The van der Waals surface area contributed by atoms with Crippen LogP contribution in [0.2, 0.25) is 0 Å². The number of nitrogens with one attached hydrogen (secondary N) is 3. The Morgan fingerprint density at radius 1 is 1.03 bits per heavy atom. The van der Waals surface area contributed by atoms with E-state index >= 15 is 0 Å². The van der Waals surface area contributed by atoms with Crippen molar-refractivity contribution in [3.05, 3.63) is 90.0 Å². The largest absolute Gasteiger partial charge is 0.356 e. The summed E-state index contributed by atoms with van der Waals surface area (Å²) in [7, 11) is 0. The van der Waals surface area contributed by atoms with Gasteiger partial charge < -0.3 is 16.0 Å². The number of benzene rings is 3. The van der Waals surface area contributed by atoms with E-state index in [2.05, 4.69) is 16.0 Å². The number of hydrogen-bond donors (Lipinski definition) is 3. The maximum atomic E-state index is 13.4. The van der Waals surface area contributed by atoms with Crippen LogP contribution in [-0.4, -0.2) is 41.2 Å². The third-order valence-corrected chi connectivity index (χ3v) is 7.15. The Kier molecular flexibility index (Phi) is 9.54. The molecule has 3 aromatic rings. The zero-order valence-electron chi connectivity index (χ0n) is 21.4. The maximum Gasteiger partial charge on any atom is 0.244 e. The first-order valence-corrected chi connectivity index (χ1v) is 13.4. The molecule has 0 aromatic heterocycles. The summed E-state index contributed by atoms with van der Waals surface area (Å²) in [6.07, 6.45) is 5.08. The van der Waals surface area contributed by atoms with Crippen LogP contribution in [0.4, 0.5) is 0 Å². The first-order chi connectivity index (χ1) is 18.9. The molecular weight excluding hydrogens is 508 g/mol. The molecule has 1 aliphatic heterocycles. The third-order valence-electron chi connectivity index (χ3n) is 6.78. The van der Waals surface area contributed by atoms with Crippen LogP contribution >= 0.6 is 12.2 Å². The number of carbonyl (C=O) groups excluding carboxylic acids is 3. The summed E-state index contributed by atoms with van der Waals surface area (Å²) in [6, 6.07) is 23.5. The number of amides is 3. The van der Waals surface area contributed by atoms with Crippen molar-refractivity contribution in [3.8, 4) is 6.07 Å². The van der Waals surface area contributed by atoms with Gasteiger partial charge in [0.2, 0.25) is 17.7 Å². The fraction of sp³-hybridized carbons (Fsp3) is 0.258. The molecule has 0 aliphatic carbocycles. The van der Waals surface area contributed by atoms with Gasteiger partial charge in [0.1, 0.15) is 17.0 Å². The summed E-state index contributed by atoms with van der Waals surface area (Å²) in [5, 5.41) is 20.1. The summed E-state index contributed by atoms with van der Waals surface area (Å²) in [6.45, 7) is 0.618. The first kappa shape index (κ1) is 27.7. The van der Waals surface area contributed by atoms with Gasteiger partial charge in [-0.05, 0) is 53.3 Å². The summed E-state index contributed by atoms with van der Waals surface area (Å²) in [4.78, 5) is 38.6. The van der Waals surface area contributed by atoms with Crippen molar-refractivity contribution in [2.24, 2.45) is 5.92 Å². The highest BCUT2D eigenvalue weighted by atomic mass is 32.1. The minimum absolute atomic E-state index is 0.00251. The molecule has 1 saturated heterocycles. The van der Waals surface area contributed by atoms with Gasteiger partial charge in [-0.15, -0.1) is 0 Å². The molecule has 8 heteroatoms. The van der Waals surface area contributed by atoms with Gasteiger partial charge >= 0.3 is 0 Å². The Morgan fingerprint density at radius 2 is 1.77 bits per heavy atom. The lowest BCUT2D eigenvalue weighted by Crippen LogP contribution is -2.53. The predicted octanol–water partition coefficient (Wildman–Crippen LogP) is 3.88. The minimum Gasteiger partial charge on any atom is -0.356 e. The average Bonchev–Trinajstić information content (AvgIpc) is 2.96. The molecule has 0 spiro atoms. The van der Waals surface area contributed by atoms with Crippen molar-refractivity contribution in [1.29, 1.82) is 5.26 Å². The Hall–Kier alpha value is -4.35. The number of rotatable bonds is 10. The normalized spacial score (nSPS) is 16.6. The van der Waals surface area contributed by atoms with Crippen LogP contribution in [0.1, 0.15) is 30.4 Å². The molecule has 0 saturated carbocycles. The third kappa shape index (κ3) is 7.82. The summed E-state index contributed by atoms with van der Waals surface area (Å²) in [5.41, 5.74) is 1.72. The summed E-state index contributed by atoms with van der Waals surface area (Å²) in [5.74, 6) is -1.34. The van der Waals surface area contributed by atoms with Crippen molar-refractivity contribution in [2.75, 3.05) is 6.54 Å². The van der Waals surface area contributed by atoms with Gasteiger partial charge in [0.25, 0.3) is 0 Å². The van der Waals surface area contributed by atoms with E-state index in [0.717, 1.165) is 28.3 Å². The molecule has 3 amide bonds. The van der Waals surface area contributed by atoms with E-state index in [4.69, 9.17) is 12.2 Å². The molecule has 1 heterocycles. The summed E-state index contributed by atoms with van der Waals surface area (Å²) >= 11 is 5.23. The Morgan fingerprint density at radius 3 is 2.51 bits per heavy atom. The van der Waals surface area contributed by atoms with Gasteiger partial charge in [0, 0.05) is 25.0 Å². The number of nitriles is 1. The second-order valence-electron chi connectivity index (χ2n) is 9.59. The molecule has 4 rings (SSSR count). The topological polar surface area (TPSA) is 111 Å². The Labute approximate surface area is 233 Å². The molecule has 1 fully saturated rings. The van der Waals surface area contributed by atoms with E-state index in [0.29, 0.717) is 13.0 Å². The van der Waals surface area contributed by atoms with Crippen LogP contribution in [0.5, 0.6) is 0 Å². The first-order valence-electron chi connectivity index (χ1n) is 13.0. The molecule has 3 N–H and O–H groups in total. The van der Waals surface area contributed by atoms with E-state index in [1.807, 2.05) is 78.9 Å². The van der Waals surface area contributed by atoms with Crippen molar-refractivity contribution in [2.45, 2.75) is 37.8 Å². The fourth-order valence-corrected chi connectivity index (χ4v) is 4.84. The second-order valence-corrected chi connectivity index (χ2v) is 10.0. The Bertz CT molecular complexity index is 1430. The molecule has 3 aromatic carbocycles. The lowest BCUT2D eigenvalue weighted by molar-refractivity contribution is -0.128. The molecule has 39 heavy (non-hydrogen) atoms. The molecule has 3 atom stereocenters. The van der Waals surface area contributed by atoms with Crippen molar-refractivity contribution >= 4 is 51.7 Å². The van der Waals surface area contributed by atoms with Crippen LogP contribution in [0.15, 0.2) is 78.9 Å². The van der Waals surface area contributed by atoms with Gasteiger partial charge in [0.15, 0.2) is 0 Å². The van der Waals surface area contributed by atoms with Gasteiger partial charge in [0.05, 0.1) is 6.04 Å². The van der Waals surface area contributed by atoms with Crippen LogP contribution in [0.3, 0.4) is 0 Å². The zero-order chi connectivity index (χ0) is 27.6. The van der Waals surface area contributed by atoms with Gasteiger partial charge in [-0.2, -0.15) is 5.26 Å². The highest BCUT2D eigenvalue weighted by Crippen LogP contribution is 2.19. The number of fused-ring (bicyclic) bond motifs is 1. The highest BCUT2D eigenvalue weighted by molar-refractivity contribution is 7.81. The van der Waals surface area contributed by atoms with Crippen molar-refractivity contribution in [3.63, 3.8) is 0 Å². The smallest absolute Gasteiger partial charge is 0.244 e. The van der Waals surface area contributed by atoms with Crippen LogP contribution in [-0.2, 0) is 20.8 Å². The number of thiocarbonyl (C=S) groups is 1. The fourth-order valence-electron chi connectivity index (χ4n) is 4.69. The molecule has 0 bridgehead atoms. The van der Waals surface area contributed by atoms with Gasteiger partial charge in [-0.3, -0.25) is 14.4 Å². The van der Waals surface area contributed by atoms with E-state index in [1.54, 1.807) is 6.08 Å². The monoisotopic (exact) mass is 538 g/mol. The van der Waals surface area contributed by atoms with Crippen LogP contribution in [0.25, 0.3) is 16.8 Å². The molecule has 0 unspecified atom stereocenters. The van der Waals surface area contributed by atoms with Crippen LogP contribution in [0, 0.1) is 17.2 Å². The molecule has 7 nitrogen and oxygen atoms in total. The number of hydrogen-bond acceptors (Lipinski definition) is 5. The SMILES string of the molecule is N#CC(=S)[C@H](C[C@@H]1CCCNC1=O)NC(=O)[C@H](Cc1ccccc1)NC(=O)/C=C/c1ccc2ccccc2c1. The van der Waals surface area contributed by atoms with E-state index in [9.17, 15) is 19.6 Å². The zero-order valence-corrected chi connectivity index (χ0v) is 22.2. The molecule has 1 aliphatic rings. The minimum atomic E-state index is -0.912. The van der Waals surface area contributed by atoms with Gasteiger partial charge in [-0.25, -0.2) is 0 Å². The van der Waals surface area contributed by atoms with Gasteiger partial charge in [-0.1, -0.05) is 78.9 Å². The number of carbonyl (C=O) groups is 3. The predicted molar refractivity (Wildman–Crippen MR) is 156 cm³/mol. The standard InChI is InChI=1S/C31H30N4O3S/c32-20-28(39)26(19-25-11-6-16-33-30(25)37)35-31(38)27(18-21-7-2-1-3-8-21)34-29(36)15-13-22-12-14-23-9-4-5-10-24(23)17-22/h1-5,7-10,12-15,17,25-27H,6,11,16,18-19H2,(H,33,37)(H,34,36)(H,35,38)/b15-13+/t25-,26-,27-/m0/s1. The quantitative estimate of drug-likeness (QED) is 0.268.